The maximum absolute atomic E-state index is 11.8. The molecule has 0 radical (unpaired) electrons. The van der Waals surface area contributed by atoms with Gasteiger partial charge in [0.2, 0.25) is 5.91 Å². The summed E-state index contributed by atoms with van der Waals surface area (Å²) in [7, 11) is 1.59. The van der Waals surface area contributed by atoms with Gasteiger partial charge in [0, 0.05) is 25.7 Å². The highest BCUT2D eigenvalue weighted by atomic mass is 16.5. The monoisotopic (exact) mass is 302 g/mol. The van der Waals surface area contributed by atoms with Gasteiger partial charge >= 0.3 is 0 Å². The van der Waals surface area contributed by atoms with Crippen molar-refractivity contribution in [3.63, 3.8) is 0 Å². The standard InChI is InChI=1S/C16H18N2O4/c1-12(19)18(13-5-7-14(21-2)8-6-13)10-9-17-16(20)15-4-3-11-22-15/h3-8,11H,9-10H2,1-2H3,(H,17,20). The molecule has 0 aliphatic rings. The molecular formula is C16H18N2O4. The molecule has 0 aliphatic carbocycles. The molecule has 1 heterocycles. The number of nitrogens with one attached hydrogen (secondary N) is 1. The van der Waals surface area contributed by atoms with Crippen molar-refractivity contribution in [2.24, 2.45) is 0 Å². The first kappa shape index (κ1) is 15.6. The maximum Gasteiger partial charge on any atom is 0.287 e. The predicted molar refractivity (Wildman–Crippen MR) is 82.1 cm³/mol. The Morgan fingerprint density at radius 1 is 1.23 bits per heavy atom. The van der Waals surface area contributed by atoms with Gasteiger partial charge in [0.15, 0.2) is 5.76 Å². The number of anilines is 1. The average molecular weight is 302 g/mol. The minimum absolute atomic E-state index is 0.0996. The quantitative estimate of drug-likeness (QED) is 0.886. The van der Waals surface area contributed by atoms with Crippen molar-refractivity contribution >= 4 is 17.5 Å². The lowest BCUT2D eigenvalue weighted by Crippen LogP contribution is -2.37. The summed E-state index contributed by atoms with van der Waals surface area (Å²) < 4.78 is 10.1. The summed E-state index contributed by atoms with van der Waals surface area (Å²) in [6.07, 6.45) is 1.44. The van der Waals surface area contributed by atoms with Gasteiger partial charge in [-0.3, -0.25) is 9.59 Å². The number of ether oxygens (including phenoxy) is 1. The second-order valence-electron chi connectivity index (χ2n) is 4.60. The van der Waals surface area contributed by atoms with Crippen LogP contribution < -0.4 is 15.0 Å². The molecule has 0 unspecified atom stereocenters. The number of rotatable bonds is 6. The minimum atomic E-state index is -0.303. The molecule has 2 amide bonds. The highest BCUT2D eigenvalue weighted by molar-refractivity contribution is 5.92. The number of furan rings is 1. The van der Waals surface area contributed by atoms with E-state index in [9.17, 15) is 9.59 Å². The van der Waals surface area contributed by atoms with E-state index in [2.05, 4.69) is 5.32 Å². The Labute approximate surface area is 128 Å². The Balaban J connectivity index is 1.94. The van der Waals surface area contributed by atoms with Crippen molar-refractivity contribution in [3.05, 3.63) is 48.4 Å². The zero-order valence-corrected chi connectivity index (χ0v) is 12.5. The van der Waals surface area contributed by atoms with Crippen LogP contribution in [0.15, 0.2) is 47.1 Å². The summed E-state index contributed by atoms with van der Waals surface area (Å²) >= 11 is 0. The van der Waals surface area contributed by atoms with Crippen molar-refractivity contribution in [2.75, 3.05) is 25.1 Å². The van der Waals surface area contributed by atoms with Crippen LogP contribution in [-0.4, -0.2) is 32.0 Å². The first-order chi connectivity index (χ1) is 10.6. The fourth-order valence-corrected chi connectivity index (χ4v) is 2.01. The molecule has 2 rings (SSSR count). The minimum Gasteiger partial charge on any atom is -0.497 e. The Hall–Kier alpha value is -2.76. The number of nitrogens with zero attached hydrogens (tertiary/aromatic N) is 1. The fraction of sp³-hybridized carbons (Fsp3) is 0.250. The van der Waals surface area contributed by atoms with Crippen molar-refractivity contribution in [2.45, 2.75) is 6.92 Å². The molecule has 6 heteroatoms. The van der Waals surface area contributed by atoms with Crippen LogP contribution in [0.3, 0.4) is 0 Å². The van der Waals surface area contributed by atoms with E-state index in [0.29, 0.717) is 13.1 Å². The third-order valence-electron chi connectivity index (χ3n) is 3.13. The molecule has 0 aliphatic heterocycles. The highest BCUT2D eigenvalue weighted by Crippen LogP contribution is 2.19. The number of methoxy groups -OCH3 is 1. The van der Waals surface area contributed by atoms with E-state index in [4.69, 9.17) is 9.15 Å². The molecule has 0 saturated heterocycles. The van der Waals surface area contributed by atoms with Gasteiger partial charge in [-0.1, -0.05) is 0 Å². The summed E-state index contributed by atoms with van der Waals surface area (Å²) in [6.45, 7) is 2.18. The largest absolute Gasteiger partial charge is 0.497 e. The normalized spacial score (nSPS) is 10.1. The highest BCUT2D eigenvalue weighted by Gasteiger charge is 2.13. The van der Waals surface area contributed by atoms with Gasteiger partial charge in [-0.2, -0.15) is 0 Å². The maximum atomic E-state index is 11.8. The van der Waals surface area contributed by atoms with E-state index in [1.807, 2.05) is 0 Å². The SMILES string of the molecule is COc1ccc(N(CCNC(=O)c2ccco2)C(C)=O)cc1. The molecule has 0 atom stereocenters. The number of carbonyl (C=O) groups is 2. The zero-order chi connectivity index (χ0) is 15.9. The van der Waals surface area contributed by atoms with Crippen LogP contribution in [0.5, 0.6) is 5.75 Å². The number of carbonyl (C=O) groups excluding carboxylic acids is 2. The van der Waals surface area contributed by atoms with Crippen LogP contribution in [0.25, 0.3) is 0 Å². The first-order valence-corrected chi connectivity index (χ1v) is 6.85. The number of hydrogen-bond acceptors (Lipinski definition) is 4. The number of benzene rings is 1. The van der Waals surface area contributed by atoms with Crippen LogP contribution in [0.2, 0.25) is 0 Å². The van der Waals surface area contributed by atoms with Crippen LogP contribution in [0.4, 0.5) is 5.69 Å². The summed E-state index contributed by atoms with van der Waals surface area (Å²) in [4.78, 5) is 25.1. The molecule has 1 N–H and O–H groups in total. The number of hydrogen-bond donors (Lipinski definition) is 1. The Kier molecular flexibility index (Phi) is 5.19. The van der Waals surface area contributed by atoms with E-state index in [0.717, 1.165) is 11.4 Å². The van der Waals surface area contributed by atoms with Gasteiger partial charge < -0.3 is 19.4 Å². The smallest absolute Gasteiger partial charge is 0.287 e. The summed E-state index contributed by atoms with van der Waals surface area (Å²) in [5.41, 5.74) is 0.751. The van der Waals surface area contributed by atoms with Crippen molar-refractivity contribution in [3.8, 4) is 5.75 Å². The van der Waals surface area contributed by atoms with Crippen molar-refractivity contribution < 1.29 is 18.7 Å². The van der Waals surface area contributed by atoms with E-state index >= 15 is 0 Å². The van der Waals surface area contributed by atoms with E-state index in [-0.39, 0.29) is 17.6 Å². The zero-order valence-electron chi connectivity index (χ0n) is 12.5. The fourth-order valence-electron chi connectivity index (χ4n) is 2.01. The number of amides is 2. The van der Waals surface area contributed by atoms with E-state index in [1.165, 1.54) is 13.2 Å². The molecule has 116 valence electrons. The van der Waals surface area contributed by atoms with Gasteiger partial charge in [0.25, 0.3) is 5.91 Å². The molecule has 22 heavy (non-hydrogen) atoms. The summed E-state index contributed by atoms with van der Waals surface area (Å²) in [5, 5.41) is 2.71. The van der Waals surface area contributed by atoms with Crippen LogP contribution in [0, 0.1) is 0 Å². The van der Waals surface area contributed by atoms with Gasteiger partial charge in [0.05, 0.1) is 13.4 Å². The molecule has 1 aromatic carbocycles. The third kappa shape index (κ3) is 3.88. The van der Waals surface area contributed by atoms with Gasteiger partial charge in [-0.15, -0.1) is 0 Å². The molecular weight excluding hydrogens is 284 g/mol. The lowest BCUT2D eigenvalue weighted by atomic mass is 10.2. The Bertz CT molecular complexity index is 620. The second-order valence-corrected chi connectivity index (χ2v) is 4.60. The molecule has 2 aromatic rings. The third-order valence-corrected chi connectivity index (χ3v) is 3.13. The summed E-state index contributed by atoms with van der Waals surface area (Å²) in [6, 6.07) is 10.4. The summed E-state index contributed by atoms with van der Waals surface area (Å²) in [5.74, 6) is 0.567. The van der Waals surface area contributed by atoms with E-state index < -0.39 is 0 Å². The molecule has 0 spiro atoms. The second kappa shape index (κ2) is 7.31. The van der Waals surface area contributed by atoms with Crippen molar-refractivity contribution in [1.82, 2.24) is 5.32 Å². The molecule has 0 fully saturated rings. The Morgan fingerprint density at radius 3 is 2.50 bits per heavy atom. The van der Waals surface area contributed by atoms with Gasteiger partial charge in [-0.25, -0.2) is 0 Å². The van der Waals surface area contributed by atoms with Gasteiger partial charge in [-0.05, 0) is 36.4 Å². The topological polar surface area (TPSA) is 71.8 Å². The first-order valence-electron chi connectivity index (χ1n) is 6.85. The molecule has 1 aromatic heterocycles. The van der Waals surface area contributed by atoms with Crippen LogP contribution in [0.1, 0.15) is 17.5 Å². The van der Waals surface area contributed by atoms with Gasteiger partial charge in [0.1, 0.15) is 5.75 Å². The Morgan fingerprint density at radius 2 is 1.95 bits per heavy atom. The molecule has 0 saturated carbocycles. The average Bonchev–Trinajstić information content (AvgIpc) is 3.06. The van der Waals surface area contributed by atoms with E-state index in [1.54, 1.807) is 48.4 Å². The van der Waals surface area contributed by atoms with Crippen LogP contribution in [-0.2, 0) is 4.79 Å². The lowest BCUT2D eigenvalue weighted by molar-refractivity contribution is -0.116. The molecule has 6 nitrogen and oxygen atoms in total. The molecule has 0 bridgehead atoms. The lowest BCUT2D eigenvalue weighted by Gasteiger charge is -2.21. The van der Waals surface area contributed by atoms with Crippen molar-refractivity contribution in [1.29, 1.82) is 0 Å². The predicted octanol–water partition coefficient (Wildman–Crippen LogP) is 2.07. The van der Waals surface area contributed by atoms with Crippen LogP contribution >= 0.6 is 0 Å².